The number of aromatic hydroxyl groups is 1. The Labute approximate surface area is 139 Å². The quantitative estimate of drug-likeness (QED) is 0.432. The van der Waals surface area contributed by atoms with Crippen molar-refractivity contribution in [2.45, 2.75) is 27.3 Å². The molecule has 0 unspecified atom stereocenters. The van der Waals surface area contributed by atoms with Crippen LogP contribution in [0.25, 0.3) is 22.3 Å². The van der Waals surface area contributed by atoms with Gasteiger partial charge < -0.3 is 19.4 Å². The Morgan fingerprint density at radius 2 is 1.92 bits per heavy atom. The SMILES string of the molecule is CCn1cc(-c2ccc(O)cc2)c(-c2c(C)noc2C)c1/C=N/O. The molecule has 3 aromatic rings. The van der Waals surface area contributed by atoms with Gasteiger partial charge >= 0.3 is 0 Å². The van der Waals surface area contributed by atoms with Gasteiger partial charge in [0, 0.05) is 23.9 Å². The summed E-state index contributed by atoms with van der Waals surface area (Å²) in [5.41, 5.74) is 5.24. The maximum absolute atomic E-state index is 9.55. The van der Waals surface area contributed by atoms with Crippen molar-refractivity contribution in [3.05, 3.63) is 47.6 Å². The summed E-state index contributed by atoms with van der Waals surface area (Å²) in [6, 6.07) is 7.00. The summed E-state index contributed by atoms with van der Waals surface area (Å²) in [6.07, 6.45) is 3.43. The zero-order valence-corrected chi connectivity index (χ0v) is 13.8. The standard InChI is InChI=1S/C18H19N3O3/c1-4-21-10-15(13-5-7-14(22)8-6-13)18(16(21)9-19-23)17-11(2)20-24-12(17)3/h5-10,22-23H,4H2,1-3H3/b19-9+. The normalized spacial score (nSPS) is 11.5. The fraction of sp³-hybridized carbons (Fsp3) is 0.222. The number of rotatable bonds is 4. The van der Waals surface area contributed by atoms with Crippen molar-refractivity contribution < 1.29 is 14.8 Å². The van der Waals surface area contributed by atoms with E-state index in [1.54, 1.807) is 12.1 Å². The van der Waals surface area contributed by atoms with Crippen LogP contribution in [0.15, 0.2) is 40.1 Å². The van der Waals surface area contributed by atoms with E-state index < -0.39 is 0 Å². The molecule has 0 radical (unpaired) electrons. The molecule has 3 rings (SSSR count). The van der Waals surface area contributed by atoms with Crippen molar-refractivity contribution in [2.24, 2.45) is 5.16 Å². The Bertz CT molecular complexity index is 870. The van der Waals surface area contributed by atoms with Crippen LogP contribution in [-0.4, -0.2) is 26.3 Å². The molecule has 0 saturated carbocycles. The molecule has 1 aromatic carbocycles. The molecule has 6 nitrogen and oxygen atoms in total. The van der Waals surface area contributed by atoms with Crippen LogP contribution in [0.4, 0.5) is 0 Å². The average molecular weight is 325 g/mol. The van der Waals surface area contributed by atoms with Crippen LogP contribution in [0, 0.1) is 13.8 Å². The number of oxime groups is 1. The highest BCUT2D eigenvalue weighted by Crippen LogP contribution is 2.39. The van der Waals surface area contributed by atoms with Crippen molar-refractivity contribution in [2.75, 3.05) is 0 Å². The molecule has 0 bridgehead atoms. The minimum absolute atomic E-state index is 0.213. The number of aryl methyl sites for hydroxylation is 3. The second-order valence-electron chi connectivity index (χ2n) is 5.58. The summed E-state index contributed by atoms with van der Waals surface area (Å²) in [5, 5.41) is 25.9. The van der Waals surface area contributed by atoms with Gasteiger partial charge in [0.1, 0.15) is 11.5 Å². The molecule has 0 aliphatic carbocycles. The molecular formula is C18H19N3O3. The van der Waals surface area contributed by atoms with Gasteiger partial charge in [0.15, 0.2) is 0 Å². The van der Waals surface area contributed by atoms with E-state index in [-0.39, 0.29) is 5.75 Å². The van der Waals surface area contributed by atoms with E-state index in [1.165, 1.54) is 6.21 Å². The first-order valence-corrected chi connectivity index (χ1v) is 7.70. The summed E-state index contributed by atoms with van der Waals surface area (Å²) in [4.78, 5) is 0. The maximum atomic E-state index is 9.55. The van der Waals surface area contributed by atoms with Crippen LogP contribution < -0.4 is 0 Å². The Balaban J connectivity index is 2.35. The zero-order chi connectivity index (χ0) is 17.3. The summed E-state index contributed by atoms with van der Waals surface area (Å²) in [5.74, 6) is 0.915. The third kappa shape index (κ3) is 2.56. The number of hydrogen-bond donors (Lipinski definition) is 2. The molecule has 6 heteroatoms. The molecule has 124 valence electrons. The number of phenolic OH excluding ortho intramolecular Hbond substituents is 1. The minimum Gasteiger partial charge on any atom is -0.508 e. The summed E-state index contributed by atoms with van der Waals surface area (Å²) >= 11 is 0. The number of phenols is 1. The molecule has 0 aliphatic rings. The second kappa shape index (κ2) is 6.23. The Morgan fingerprint density at radius 3 is 2.46 bits per heavy atom. The second-order valence-corrected chi connectivity index (χ2v) is 5.58. The lowest BCUT2D eigenvalue weighted by Gasteiger charge is -2.07. The summed E-state index contributed by atoms with van der Waals surface area (Å²) < 4.78 is 7.33. The van der Waals surface area contributed by atoms with Gasteiger partial charge in [0.05, 0.1) is 23.2 Å². The monoisotopic (exact) mass is 325 g/mol. The van der Waals surface area contributed by atoms with Crippen molar-refractivity contribution in [3.63, 3.8) is 0 Å². The molecule has 2 N–H and O–H groups in total. The average Bonchev–Trinajstić information content (AvgIpc) is 3.08. The van der Waals surface area contributed by atoms with Crippen LogP contribution in [0.2, 0.25) is 0 Å². The predicted octanol–water partition coefficient (Wildman–Crippen LogP) is 3.96. The van der Waals surface area contributed by atoms with E-state index in [9.17, 15) is 5.11 Å². The fourth-order valence-corrected chi connectivity index (χ4v) is 2.99. The molecule has 24 heavy (non-hydrogen) atoms. The number of nitrogens with zero attached hydrogens (tertiary/aromatic N) is 3. The predicted molar refractivity (Wildman–Crippen MR) is 91.6 cm³/mol. The van der Waals surface area contributed by atoms with E-state index in [0.717, 1.165) is 40.2 Å². The number of hydrogen-bond acceptors (Lipinski definition) is 5. The molecule has 2 heterocycles. The third-order valence-electron chi connectivity index (χ3n) is 4.10. The van der Waals surface area contributed by atoms with Crippen molar-refractivity contribution in [1.29, 1.82) is 0 Å². The molecule has 0 spiro atoms. The first-order chi connectivity index (χ1) is 11.6. The van der Waals surface area contributed by atoms with Crippen molar-refractivity contribution in [3.8, 4) is 28.0 Å². The third-order valence-corrected chi connectivity index (χ3v) is 4.10. The molecule has 0 saturated heterocycles. The minimum atomic E-state index is 0.213. The molecular weight excluding hydrogens is 306 g/mol. The van der Waals surface area contributed by atoms with Crippen molar-refractivity contribution >= 4 is 6.21 Å². The highest BCUT2D eigenvalue weighted by molar-refractivity contribution is 5.97. The van der Waals surface area contributed by atoms with Crippen LogP contribution in [0.1, 0.15) is 24.1 Å². The highest BCUT2D eigenvalue weighted by atomic mass is 16.5. The van der Waals surface area contributed by atoms with E-state index in [0.29, 0.717) is 5.76 Å². The Hall–Kier alpha value is -3.02. The van der Waals surface area contributed by atoms with Gasteiger partial charge in [0.25, 0.3) is 0 Å². The number of aromatic nitrogens is 2. The first-order valence-electron chi connectivity index (χ1n) is 7.70. The van der Waals surface area contributed by atoms with E-state index in [1.807, 2.05) is 43.7 Å². The molecule has 0 amide bonds. The number of benzene rings is 1. The molecule has 0 fully saturated rings. The molecule has 2 aromatic heterocycles. The maximum Gasteiger partial charge on any atom is 0.141 e. The van der Waals surface area contributed by atoms with Gasteiger partial charge in [-0.3, -0.25) is 0 Å². The Morgan fingerprint density at radius 1 is 1.21 bits per heavy atom. The van der Waals surface area contributed by atoms with Gasteiger partial charge in [-0.1, -0.05) is 22.4 Å². The largest absolute Gasteiger partial charge is 0.508 e. The summed E-state index contributed by atoms with van der Waals surface area (Å²) in [6.45, 7) is 6.48. The molecule has 0 aliphatic heterocycles. The van der Waals surface area contributed by atoms with E-state index in [4.69, 9.17) is 9.73 Å². The van der Waals surface area contributed by atoms with Gasteiger partial charge in [-0.2, -0.15) is 0 Å². The fourth-order valence-electron chi connectivity index (χ4n) is 2.99. The Kier molecular flexibility index (Phi) is 4.12. The lowest BCUT2D eigenvalue weighted by atomic mass is 9.96. The van der Waals surface area contributed by atoms with E-state index in [2.05, 4.69) is 10.3 Å². The van der Waals surface area contributed by atoms with Crippen molar-refractivity contribution in [1.82, 2.24) is 9.72 Å². The lowest BCUT2D eigenvalue weighted by molar-refractivity contribution is 0.321. The zero-order valence-electron chi connectivity index (χ0n) is 13.8. The first kappa shape index (κ1) is 15.9. The van der Waals surface area contributed by atoms with Crippen LogP contribution in [0.3, 0.4) is 0 Å². The molecule has 0 atom stereocenters. The van der Waals surface area contributed by atoms with Crippen LogP contribution in [0.5, 0.6) is 5.75 Å². The van der Waals surface area contributed by atoms with Crippen LogP contribution in [-0.2, 0) is 6.54 Å². The van der Waals surface area contributed by atoms with Gasteiger partial charge in [-0.25, -0.2) is 0 Å². The van der Waals surface area contributed by atoms with Gasteiger partial charge in [0.2, 0.25) is 0 Å². The van der Waals surface area contributed by atoms with Gasteiger partial charge in [-0.05, 0) is 38.5 Å². The highest BCUT2D eigenvalue weighted by Gasteiger charge is 2.23. The topological polar surface area (TPSA) is 83.8 Å². The van der Waals surface area contributed by atoms with Crippen LogP contribution >= 0.6 is 0 Å². The smallest absolute Gasteiger partial charge is 0.141 e. The van der Waals surface area contributed by atoms with Gasteiger partial charge in [-0.15, -0.1) is 0 Å². The lowest BCUT2D eigenvalue weighted by Crippen LogP contribution is -2.00. The van der Waals surface area contributed by atoms with E-state index >= 15 is 0 Å². The summed E-state index contributed by atoms with van der Waals surface area (Å²) in [7, 11) is 0.